The zero-order valence-electron chi connectivity index (χ0n) is 14.6. The highest BCUT2D eigenvalue weighted by Gasteiger charge is 2.28. The van der Waals surface area contributed by atoms with Crippen molar-refractivity contribution in [2.24, 2.45) is 0 Å². The van der Waals surface area contributed by atoms with E-state index in [9.17, 15) is 4.79 Å². The van der Waals surface area contributed by atoms with Gasteiger partial charge in [-0.3, -0.25) is 4.79 Å². The first kappa shape index (κ1) is 17.0. The Labute approximate surface area is 157 Å². The summed E-state index contributed by atoms with van der Waals surface area (Å²) in [5.41, 5.74) is 4.57. The highest BCUT2D eigenvalue weighted by Crippen LogP contribution is 2.35. The molecule has 3 aromatic rings. The molecule has 5 heteroatoms. The SMILES string of the molecule is COc1ccc2c(c1)C(C(=O)NCCc1c[nH]c3ccc(Cl)cc13)CC2. The van der Waals surface area contributed by atoms with Gasteiger partial charge in [0.1, 0.15) is 5.75 Å². The normalized spacial score (nSPS) is 15.8. The third kappa shape index (κ3) is 3.17. The number of halogens is 1. The molecule has 2 N–H and O–H groups in total. The number of ether oxygens (including phenoxy) is 1. The van der Waals surface area contributed by atoms with Crippen molar-refractivity contribution in [2.75, 3.05) is 13.7 Å². The van der Waals surface area contributed by atoms with Crippen molar-refractivity contribution in [3.05, 3.63) is 64.3 Å². The lowest BCUT2D eigenvalue weighted by Gasteiger charge is -2.13. The number of carbonyl (C=O) groups excluding carboxylic acids is 1. The molecule has 0 bridgehead atoms. The monoisotopic (exact) mass is 368 g/mol. The van der Waals surface area contributed by atoms with Crippen molar-refractivity contribution >= 4 is 28.4 Å². The molecular formula is C21H21ClN2O2. The summed E-state index contributed by atoms with van der Waals surface area (Å²) in [6.45, 7) is 0.605. The fourth-order valence-corrected chi connectivity index (χ4v) is 3.95. The van der Waals surface area contributed by atoms with E-state index >= 15 is 0 Å². The van der Waals surface area contributed by atoms with Crippen molar-refractivity contribution in [2.45, 2.75) is 25.2 Å². The van der Waals surface area contributed by atoms with Crippen LogP contribution in [0.25, 0.3) is 10.9 Å². The summed E-state index contributed by atoms with van der Waals surface area (Å²) in [6, 6.07) is 11.8. The van der Waals surface area contributed by atoms with Gasteiger partial charge in [-0.05, 0) is 66.3 Å². The molecule has 0 radical (unpaired) electrons. The van der Waals surface area contributed by atoms with E-state index in [0.29, 0.717) is 6.54 Å². The Balaban J connectivity index is 1.41. The van der Waals surface area contributed by atoms with Crippen LogP contribution >= 0.6 is 11.6 Å². The van der Waals surface area contributed by atoms with E-state index < -0.39 is 0 Å². The number of nitrogens with one attached hydrogen (secondary N) is 2. The molecule has 1 aromatic heterocycles. The molecule has 1 unspecified atom stereocenters. The molecule has 0 saturated carbocycles. The highest BCUT2D eigenvalue weighted by atomic mass is 35.5. The first-order valence-corrected chi connectivity index (χ1v) is 9.23. The molecule has 4 nitrogen and oxygen atoms in total. The average molecular weight is 369 g/mol. The quantitative estimate of drug-likeness (QED) is 0.708. The number of aromatic amines is 1. The largest absolute Gasteiger partial charge is 0.497 e. The lowest BCUT2D eigenvalue weighted by molar-refractivity contribution is -0.122. The number of benzene rings is 2. The number of amides is 1. The fraction of sp³-hybridized carbons (Fsp3) is 0.286. The number of carbonyl (C=O) groups is 1. The second-order valence-corrected chi connectivity index (χ2v) is 7.14. The second-order valence-electron chi connectivity index (χ2n) is 6.70. The number of hydrogen-bond acceptors (Lipinski definition) is 2. The van der Waals surface area contributed by atoms with Gasteiger partial charge in [0.2, 0.25) is 5.91 Å². The average Bonchev–Trinajstić information content (AvgIpc) is 3.25. The van der Waals surface area contributed by atoms with Crippen LogP contribution < -0.4 is 10.1 Å². The van der Waals surface area contributed by atoms with Crippen LogP contribution in [0.2, 0.25) is 5.02 Å². The van der Waals surface area contributed by atoms with Crippen molar-refractivity contribution in [3.63, 3.8) is 0 Å². The molecule has 1 atom stereocenters. The third-order valence-electron chi connectivity index (χ3n) is 5.17. The minimum absolute atomic E-state index is 0.0856. The van der Waals surface area contributed by atoms with Crippen LogP contribution in [0.15, 0.2) is 42.6 Å². The van der Waals surface area contributed by atoms with E-state index in [0.717, 1.165) is 52.1 Å². The predicted molar refractivity (Wildman–Crippen MR) is 104 cm³/mol. The van der Waals surface area contributed by atoms with Gasteiger partial charge in [-0.2, -0.15) is 0 Å². The lowest BCUT2D eigenvalue weighted by atomic mass is 10.00. The van der Waals surface area contributed by atoms with E-state index in [-0.39, 0.29) is 11.8 Å². The summed E-state index contributed by atoms with van der Waals surface area (Å²) in [5, 5.41) is 4.93. The smallest absolute Gasteiger partial charge is 0.227 e. The zero-order chi connectivity index (χ0) is 18.1. The highest BCUT2D eigenvalue weighted by molar-refractivity contribution is 6.31. The Kier molecular flexibility index (Phi) is 4.60. The zero-order valence-corrected chi connectivity index (χ0v) is 15.4. The maximum atomic E-state index is 12.7. The molecule has 0 aliphatic heterocycles. The molecule has 0 fully saturated rings. The summed E-state index contributed by atoms with van der Waals surface area (Å²) >= 11 is 6.10. The van der Waals surface area contributed by atoms with E-state index in [2.05, 4.69) is 16.4 Å². The number of methoxy groups -OCH3 is 1. The van der Waals surface area contributed by atoms with Crippen LogP contribution in [-0.4, -0.2) is 24.5 Å². The Morgan fingerprint density at radius 3 is 3.04 bits per heavy atom. The van der Waals surface area contributed by atoms with Crippen molar-refractivity contribution in [1.29, 1.82) is 0 Å². The lowest BCUT2D eigenvalue weighted by Crippen LogP contribution is -2.30. The number of hydrogen-bond donors (Lipinski definition) is 2. The van der Waals surface area contributed by atoms with Gasteiger partial charge in [0.25, 0.3) is 0 Å². The standard InChI is InChI=1S/C21H21ClN2O2/c1-26-16-5-2-13-3-6-17(18(13)11-16)21(25)23-9-8-14-12-24-20-7-4-15(22)10-19(14)20/h2,4-5,7,10-12,17,24H,3,6,8-9H2,1H3,(H,23,25). The van der Waals surface area contributed by atoms with Gasteiger partial charge in [-0.1, -0.05) is 17.7 Å². The van der Waals surface area contributed by atoms with Crippen molar-refractivity contribution in [1.82, 2.24) is 10.3 Å². The molecule has 4 rings (SSSR count). The molecule has 0 spiro atoms. The topological polar surface area (TPSA) is 54.1 Å². The van der Waals surface area contributed by atoms with Gasteiger partial charge < -0.3 is 15.0 Å². The molecule has 2 aromatic carbocycles. The van der Waals surface area contributed by atoms with Gasteiger partial charge in [0, 0.05) is 28.7 Å². The summed E-state index contributed by atoms with van der Waals surface area (Å²) in [6.07, 6.45) is 4.56. The molecule has 1 aliphatic rings. The number of aryl methyl sites for hydroxylation is 1. The van der Waals surface area contributed by atoms with Gasteiger partial charge in [0.05, 0.1) is 13.0 Å². The van der Waals surface area contributed by atoms with E-state index in [1.165, 1.54) is 5.56 Å². The fourth-order valence-electron chi connectivity index (χ4n) is 3.78. The summed E-state index contributed by atoms with van der Waals surface area (Å²) in [4.78, 5) is 15.9. The van der Waals surface area contributed by atoms with Gasteiger partial charge in [-0.25, -0.2) is 0 Å². The van der Waals surface area contributed by atoms with Gasteiger partial charge in [0.15, 0.2) is 0 Å². The minimum Gasteiger partial charge on any atom is -0.497 e. The number of fused-ring (bicyclic) bond motifs is 2. The molecule has 1 aliphatic carbocycles. The molecular weight excluding hydrogens is 348 g/mol. The third-order valence-corrected chi connectivity index (χ3v) is 5.41. The molecule has 1 heterocycles. The summed E-state index contributed by atoms with van der Waals surface area (Å²) < 4.78 is 5.30. The summed E-state index contributed by atoms with van der Waals surface area (Å²) in [5.74, 6) is 0.812. The Morgan fingerprint density at radius 2 is 2.19 bits per heavy atom. The second kappa shape index (κ2) is 7.04. The van der Waals surface area contributed by atoms with Crippen LogP contribution in [0.3, 0.4) is 0 Å². The first-order chi connectivity index (χ1) is 12.7. The van der Waals surface area contributed by atoms with Crippen LogP contribution in [0.5, 0.6) is 5.75 Å². The Morgan fingerprint density at radius 1 is 1.31 bits per heavy atom. The number of H-pyrrole nitrogens is 1. The molecule has 134 valence electrons. The predicted octanol–water partition coefficient (Wildman–Crippen LogP) is 4.22. The van der Waals surface area contributed by atoms with Crippen molar-refractivity contribution in [3.8, 4) is 5.75 Å². The van der Waals surface area contributed by atoms with Crippen LogP contribution in [0.4, 0.5) is 0 Å². The van der Waals surface area contributed by atoms with Gasteiger partial charge >= 0.3 is 0 Å². The Bertz CT molecular complexity index is 964. The maximum absolute atomic E-state index is 12.7. The van der Waals surface area contributed by atoms with Crippen LogP contribution in [0, 0.1) is 0 Å². The van der Waals surface area contributed by atoms with Gasteiger partial charge in [-0.15, -0.1) is 0 Å². The molecule has 26 heavy (non-hydrogen) atoms. The minimum atomic E-state index is -0.0856. The van der Waals surface area contributed by atoms with E-state index in [1.54, 1.807) is 7.11 Å². The molecule has 0 saturated heterocycles. The number of rotatable bonds is 5. The summed E-state index contributed by atoms with van der Waals surface area (Å²) in [7, 11) is 1.65. The molecule has 1 amide bonds. The van der Waals surface area contributed by atoms with Crippen LogP contribution in [0.1, 0.15) is 29.0 Å². The Hall–Kier alpha value is -2.46. The maximum Gasteiger partial charge on any atom is 0.227 e. The van der Waals surface area contributed by atoms with Crippen LogP contribution in [-0.2, 0) is 17.6 Å². The van der Waals surface area contributed by atoms with E-state index in [4.69, 9.17) is 16.3 Å². The van der Waals surface area contributed by atoms with E-state index in [1.807, 2.05) is 36.5 Å². The first-order valence-electron chi connectivity index (χ1n) is 8.86. The number of aromatic nitrogens is 1. The van der Waals surface area contributed by atoms with Crippen molar-refractivity contribution < 1.29 is 9.53 Å².